The Labute approximate surface area is 198 Å². The van der Waals surface area contributed by atoms with Crippen LogP contribution in [0.5, 0.6) is 0 Å². The van der Waals surface area contributed by atoms with Gasteiger partial charge in [0, 0.05) is 18.8 Å². The second kappa shape index (κ2) is 10.5. The normalized spacial score (nSPS) is 12.5. The number of aromatic nitrogens is 1. The summed E-state index contributed by atoms with van der Waals surface area (Å²) in [7, 11) is -2.68. The van der Waals surface area contributed by atoms with Gasteiger partial charge in [0.1, 0.15) is 4.90 Å². The number of halogens is 1. The molecule has 0 amide bonds. The van der Waals surface area contributed by atoms with E-state index < -0.39 is 33.8 Å². The van der Waals surface area contributed by atoms with Gasteiger partial charge in [-0.3, -0.25) is 4.79 Å². The number of ether oxygens (including phenoxy) is 2. The second-order valence-corrected chi connectivity index (χ2v) is 9.58. The van der Waals surface area contributed by atoms with Crippen LogP contribution >= 0.6 is 11.6 Å². The average Bonchev–Trinajstić information content (AvgIpc) is 3.07. The molecule has 180 valence electrons. The predicted octanol–water partition coefficient (Wildman–Crippen LogP) is 3.53. The zero-order valence-corrected chi connectivity index (χ0v) is 20.9. The van der Waals surface area contributed by atoms with Crippen LogP contribution in [0.25, 0.3) is 0 Å². The summed E-state index contributed by atoms with van der Waals surface area (Å²) < 4.78 is 36.9. The molecular weight excluding hydrogens is 472 g/mol. The number of sulfonamides is 1. The van der Waals surface area contributed by atoms with Crippen molar-refractivity contribution in [3.05, 3.63) is 51.3 Å². The Bertz CT molecular complexity index is 1180. The zero-order chi connectivity index (χ0) is 25.1. The van der Waals surface area contributed by atoms with E-state index >= 15 is 0 Å². The second-order valence-electron chi connectivity index (χ2n) is 7.26. The molecule has 11 heteroatoms. The molecule has 1 unspecified atom stereocenters. The molecule has 33 heavy (non-hydrogen) atoms. The Morgan fingerprint density at radius 3 is 2.27 bits per heavy atom. The first-order valence-electron chi connectivity index (χ1n) is 10.2. The van der Waals surface area contributed by atoms with E-state index in [2.05, 4.69) is 4.98 Å². The van der Waals surface area contributed by atoms with E-state index in [0.717, 1.165) is 6.07 Å². The third kappa shape index (κ3) is 5.29. The van der Waals surface area contributed by atoms with Crippen LogP contribution in [0.2, 0.25) is 5.02 Å². The Morgan fingerprint density at radius 2 is 1.73 bits per heavy atom. The molecule has 0 fully saturated rings. The van der Waals surface area contributed by atoms with Gasteiger partial charge in [-0.15, -0.1) is 0 Å². The van der Waals surface area contributed by atoms with Crippen molar-refractivity contribution in [3.8, 4) is 0 Å². The van der Waals surface area contributed by atoms with Gasteiger partial charge in [0.2, 0.25) is 15.8 Å². The van der Waals surface area contributed by atoms with Crippen molar-refractivity contribution in [1.29, 1.82) is 0 Å². The molecule has 0 aliphatic carbocycles. The van der Waals surface area contributed by atoms with Gasteiger partial charge in [-0.25, -0.2) is 18.0 Å². The molecular formula is C22H27ClN2O7S. The lowest BCUT2D eigenvalue weighted by atomic mass is 10.1. The molecule has 0 aliphatic heterocycles. The van der Waals surface area contributed by atoms with Gasteiger partial charge >= 0.3 is 11.9 Å². The van der Waals surface area contributed by atoms with E-state index in [-0.39, 0.29) is 39.8 Å². The molecule has 1 aromatic carbocycles. The minimum absolute atomic E-state index is 0.0320. The summed E-state index contributed by atoms with van der Waals surface area (Å²) in [6.45, 7) is 8.44. The van der Waals surface area contributed by atoms with Crippen LogP contribution in [-0.4, -0.2) is 61.7 Å². The minimum Gasteiger partial charge on any atom is -0.465 e. The molecule has 0 saturated heterocycles. The van der Waals surface area contributed by atoms with Crippen molar-refractivity contribution in [2.45, 2.75) is 45.6 Å². The first-order chi connectivity index (χ1) is 15.4. The molecule has 0 aliphatic rings. The van der Waals surface area contributed by atoms with E-state index in [0.29, 0.717) is 11.3 Å². The van der Waals surface area contributed by atoms with Crippen molar-refractivity contribution in [3.63, 3.8) is 0 Å². The average molecular weight is 499 g/mol. The van der Waals surface area contributed by atoms with Crippen molar-refractivity contribution < 1.29 is 32.3 Å². The standard InChI is InChI=1S/C22H27ClN2O7S/c1-7-25(8-2)33(29,30)17-11-15(9-10-16(17)23)21(27)32-14(5)20(26)19-12(3)18(13(4)24-19)22(28)31-6/h9-11,14,24H,7-8H2,1-6H3. The quantitative estimate of drug-likeness (QED) is 0.414. The van der Waals surface area contributed by atoms with Crippen molar-refractivity contribution in [2.75, 3.05) is 20.2 Å². The monoisotopic (exact) mass is 498 g/mol. The highest BCUT2D eigenvalue weighted by atomic mass is 35.5. The number of H-pyrrole nitrogens is 1. The maximum absolute atomic E-state index is 12.9. The number of nitrogens with zero attached hydrogens (tertiary/aromatic N) is 1. The number of carbonyl (C=O) groups excluding carboxylic acids is 3. The van der Waals surface area contributed by atoms with Crippen LogP contribution in [0, 0.1) is 13.8 Å². The molecule has 1 heterocycles. The van der Waals surface area contributed by atoms with Gasteiger partial charge in [-0.2, -0.15) is 4.31 Å². The van der Waals surface area contributed by atoms with Crippen LogP contribution < -0.4 is 0 Å². The van der Waals surface area contributed by atoms with Gasteiger partial charge in [0.25, 0.3) is 0 Å². The number of aromatic amines is 1. The highest BCUT2D eigenvalue weighted by Crippen LogP contribution is 2.27. The molecule has 0 radical (unpaired) electrons. The van der Waals surface area contributed by atoms with Crippen LogP contribution in [0.4, 0.5) is 0 Å². The number of hydrogen-bond acceptors (Lipinski definition) is 7. The van der Waals surface area contributed by atoms with E-state index in [1.807, 2.05) is 0 Å². The fraction of sp³-hybridized carbons (Fsp3) is 0.409. The SMILES string of the molecule is CCN(CC)S(=O)(=O)c1cc(C(=O)OC(C)C(=O)c2[nH]c(C)c(C(=O)OC)c2C)ccc1Cl. The molecule has 0 spiro atoms. The first kappa shape index (κ1) is 26.6. The van der Waals surface area contributed by atoms with E-state index in [4.69, 9.17) is 21.1 Å². The fourth-order valence-corrected chi connectivity index (χ4v) is 5.38. The zero-order valence-electron chi connectivity index (χ0n) is 19.3. The fourth-order valence-electron chi connectivity index (χ4n) is 3.42. The minimum atomic E-state index is -3.92. The summed E-state index contributed by atoms with van der Waals surface area (Å²) >= 11 is 6.10. The van der Waals surface area contributed by atoms with Crippen LogP contribution in [-0.2, 0) is 19.5 Å². The highest BCUT2D eigenvalue weighted by molar-refractivity contribution is 7.89. The molecule has 1 aromatic heterocycles. The number of nitrogens with one attached hydrogen (secondary N) is 1. The van der Waals surface area contributed by atoms with Crippen molar-refractivity contribution in [1.82, 2.24) is 9.29 Å². The van der Waals surface area contributed by atoms with Crippen LogP contribution in [0.1, 0.15) is 63.2 Å². The number of hydrogen-bond donors (Lipinski definition) is 1. The smallest absolute Gasteiger partial charge is 0.339 e. The van der Waals surface area contributed by atoms with E-state index in [1.54, 1.807) is 27.7 Å². The third-order valence-corrected chi connectivity index (χ3v) is 7.75. The molecule has 0 bridgehead atoms. The Balaban J connectivity index is 2.31. The first-order valence-corrected chi connectivity index (χ1v) is 12.0. The van der Waals surface area contributed by atoms with Gasteiger partial charge in [0.15, 0.2) is 6.10 Å². The number of benzene rings is 1. The maximum Gasteiger partial charge on any atom is 0.339 e. The number of rotatable bonds is 9. The number of esters is 2. The Kier molecular flexibility index (Phi) is 8.45. The highest BCUT2D eigenvalue weighted by Gasteiger charge is 2.29. The Morgan fingerprint density at radius 1 is 1.12 bits per heavy atom. The molecule has 2 rings (SSSR count). The number of aryl methyl sites for hydroxylation is 1. The lowest BCUT2D eigenvalue weighted by Gasteiger charge is -2.19. The lowest BCUT2D eigenvalue weighted by molar-refractivity contribution is 0.0316. The number of ketones is 1. The Hall–Kier alpha value is -2.69. The van der Waals surface area contributed by atoms with Crippen molar-refractivity contribution >= 4 is 39.3 Å². The molecule has 9 nitrogen and oxygen atoms in total. The van der Waals surface area contributed by atoms with E-state index in [9.17, 15) is 22.8 Å². The summed E-state index contributed by atoms with van der Waals surface area (Å²) in [5, 5.41) is -0.0320. The van der Waals surface area contributed by atoms with Crippen molar-refractivity contribution in [2.24, 2.45) is 0 Å². The summed E-state index contributed by atoms with van der Waals surface area (Å²) in [6.07, 6.45) is -1.21. The number of carbonyl (C=O) groups is 3. The third-order valence-electron chi connectivity index (χ3n) is 5.22. The van der Waals surface area contributed by atoms with Crippen LogP contribution in [0.15, 0.2) is 23.1 Å². The molecule has 1 N–H and O–H groups in total. The summed E-state index contributed by atoms with van der Waals surface area (Å²) in [5.74, 6) is -2.03. The summed E-state index contributed by atoms with van der Waals surface area (Å²) in [6, 6.07) is 3.75. The topological polar surface area (TPSA) is 123 Å². The molecule has 1 atom stereocenters. The summed E-state index contributed by atoms with van der Waals surface area (Å²) in [4.78, 5) is 40.1. The summed E-state index contributed by atoms with van der Waals surface area (Å²) in [5.41, 5.74) is 1.12. The largest absolute Gasteiger partial charge is 0.465 e. The van der Waals surface area contributed by atoms with Gasteiger partial charge in [-0.1, -0.05) is 25.4 Å². The maximum atomic E-state index is 12.9. The number of Topliss-reactive ketones (excluding diaryl/α,β-unsaturated/α-hetero) is 1. The lowest BCUT2D eigenvalue weighted by Crippen LogP contribution is -2.31. The molecule has 2 aromatic rings. The predicted molar refractivity (Wildman–Crippen MR) is 122 cm³/mol. The van der Waals surface area contributed by atoms with Gasteiger partial charge in [0.05, 0.1) is 29.0 Å². The van der Waals surface area contributed by atoms with Gasteiger partial charge < -0.3 is 14.5 Å². The molecule has 0 saturated carbocycles. The van der Waals surface area contributed by atoms with E-state index in [1.165, 1.54) is 30.5 Å². The van der Waals surface area contributed by atoms with Gasteiger partial charge in [-0.05, 0) is 44.5 Å². The van der Waals surface area contributed by atoms with Crippen LogP contribution in [0.3, 0.4) is 0 Å². The number of methoxy groups -OCH3 is 1.